The van der Waals surface area contributed by atoms with E-state index >= 15 is 0 Å². The van der Waals surface area contributed by atoms with Gasteiger partial charge in [-0.1, -0.05) is 37.3 Å². The molecule has 5 nitrogen and oxygen atoms in total. The lowest BCUT2D eigenvalue weighted by Gasteiger charge is -2.19. The predicted octanol–water partition coefficient (Wildman–Crippen LogP) is 2.43. The van der Waals surface area contributed by atoms with Crippen LogP contribution in [0.2, 0.25) is 0 Å². The highest BCUT2D eigenvalue weighted by atomic mass is 16.2. The van der Waals surface area contributed by atoms with Crippen LogP contribution in [0.4, 0.5) is 0 Å². The summed E-state index contributed by atoms with van der Waals surface area (Å²) in [6.07, 6.45) is 4.62. The van der Waals surface area contributed by atoms with Crippen LogP contribution < -0.4 is 5.32 Å². The molecule has 2 aromatic rings. The summed E-state index contributed by atoms with van der Waals surface area (Å²) in [7, 11) is 0. The summed E-state index contributed by atoms with van der Waals surface area (Å²) < 4.78 is 1.85. The fraction of sp³-hybridized carbons (Fsp3) is 0.368. The van der Waals surface area contributed by atoms with Crippen LogP contribution in [0.15, 0.2) is 54.9 Å². The van der Waals surface area contributed by atoms with E-state index in [9.17, 15) is 4.79 Å². The Morgan fingerprint density at radius 3 is 2.71 bits per heavy atom. The fourth-order valence-electron chi connectivity index (χ4n) is 2.48. The summed E-state index contributed by atoms with van der Waals surface area (Å²) in [5.41, 5.74) is 3.21. The van der Waals surface area contributed by atoms with E-state index < -0.39 is 0 Å². The van der Waals surface area contributed by atoms with Crippen LogP contribution in [0.1, 0.15) is 19.4 Å². The SMILES string of the molecule is C=C(C)CN(CC)CC(=O)NCCc1cnn(-c2ccccc2)c1. The molecule has 0 fully saturated rings. The lowest BCUT2D eigenvalue weighted by Crippen LogP contribution is -2.38. The molecule has 0 radical (unpaired) electrons. The van der Waals surface area contributed by atoms with Crippen molar-refractivity contribution in [3.05, 3.63) is 60.4 Å². The summed E-state index contributed by atoms with van der Waals surface area (Å²) in [6.45, 7) is 10.5. The van der Waals surface area contributed by atoms with Crippen molar-refractivity contribution in [3.63, 3.8) is 0 Å². The molecule has 0 saturated heterocycles. The van der Waals surface area contributed by atoms with E-state index in [4.69, 9.17) is 0 Å². The second-order valence-electron chi connectivity index (χ2n) is 5.99. The molecule has 1 aromatic heterocycles. The number of benzene rings is 1. The molecule has 1 N–H and O–H groups in total. The number of likely N-dealkylation sites (N-methyl/N-ethyl adjacent to an activating group) is 1. The Kier molecular flexibility index (Phi) is 6.75. The van der Waals surface area contributed by atoms with Crippen LogP contribution in [-0.2, 0) is 11.2 Å². The molecule has 0 saturated carbocycles. The smallest absolute Gasteiger partial charge is 0.234 e. The largest absolute Gasteiger partial charge is 0.355 e. The molecular formula is C19H26N4O. The molecule has 5 heteroatoms. The summed E-state index contributed by atoms with van der Waals surface area (Å²) >= 11 is 0. The molecule has 0 unspecified atom stereocenters. The molecule has 0 spiro atoms. The second-order valence-corrected chi connectivity index (χ2v) is 5.99. The molecular weight excluding hydrogens is 300 g/mol. The van der Waals surface area contributed by atoms with Crippen LogP contribution in [0, 0.1) is 0 Å². The van der Waals surface area contributed by atoms with Crippen molar-refractivity contribution >= 4 is 5.91 Å². The minimum atomic E-state index is 0.0496. The van der Waals surface area contributed by atoms with Crippen molar-refractivity contribution < 1.29 is 4.79 Å². The predicted molar refractivity (Wildman–Crippen MR) is 97.2 cm³/mol. The Bertz CT molecular complexity index is 663. The first-order chi connectivity index (χ1) is 11.6. The van der Waals surface area contributed by atoms with Gasteiger partial charge in [0.25, 0.3) is 0 Å². The van der Waals surface area contributed by atoms with E-state index in [-0.39, 0.29) is 5.91 Å². The van der Waals surface area contributed by atoms with Crippen LogP contribution >= 0.6 is 0 Å². The van der Waals surface area contributed by atoms with E-state index in [1.807, 2.05) is 61.3 Å². The Morgan fingerprint density at radius 2 is 2.04 bits per heavy atom. The molecule has 1 aromatic carbocycles. The van der Waals surface area contributed by atoms with E-state index in [0.29, 0.717) is 13.1 Å². The average molecular weight is 326 g/mol. The Hall–Kier alpha value is -2.40. The van der Waals surface area contributed by atoms with E-state index in [2.05, 4.69) is 21.9 Å². The highest BCUT2D eigenvalue weighted by Gasteiger charge is 2.09. The van der Waals surface area contributed by atoms with Gasteiger partial charge in [-0.2, -0.15) is 5.10 Å². The number of hydrogen-bond donors (Lipinski definition) is 1. The molecule has 24 heavy (non-hydrogen) atoms. The van der Waals surface area contributed by atoms with E-state index in [1.54, 1.807) is 0 Å². The van der Waals surface area contributed by atoms with Gasteiger partial charge in [0.2, 0.25) is 5.91 Å². The van der Waals surface area contributed by atoms with Crippen LogP contribution in [0.3, 0.4) is 0 Å². The third-order valence-corrected chi connectivity index (χ3v) is 3.70. The van der Waals surface area contributed by atoms with Crippen molar-refractivity contribution in [2.45, 2.75) is 20.3 Å². The monoisotopic (exact) mass is 326 g/mol. The van der Waals surface area contributed by atoms with Gasteiger partial charge >= 0.3 is 0 Å². The molecule has 0 bridgehead atoms. The molecule has 2 rings (SSSR count). The number of hydrogen-bond acceptors (Lipinski definition) is 3. The fourth-order valence-corrected chi connectivity index (χ4v) is 2.48. The number of amides is 1. The third kappa shape index (κ3) is 5.66. The van der Waals surface area contributed by atoms with Gasteiger partial charge in [0.05, 0.1) is 18.4 Å². The van der Waals surface area contributed by atoms with Crippen molar-refractivity contribution in [3.8, 4) is 5.69 Å². The Balaban J connectivity index is 1.77. The molecule has 1 amide bonds. The summed E-state index contributed by atoms with van der Waals surface area (Å²) in [6, 6.07) is 9.98. The van der Waals surface area contributed by atoms with Crippen molar-refractivity contribution in [2.75, 3.05) is 26.2 Å². The lowest BCUT2D eigenvalue weighted by atomic mass is 10.2. The van der Waals surface area contributed by atoms with Gasteiger partial charge < -0.3 is 5.32 Å². The molecule has 0 aliphatic carbocycles. The number of carbonyl (C=O) groups is 1. The van der Waals surface area contributed by atoms with Gasteiger partial charge in [-0.3, -0.25) is 9.69 Å². The van der Waals surface area contributed by atoms with Crippen LogP contribution in [0.5, 0.6) is 0 Å². The molecule has 128 valence electrons. The van der Waals surface area contributed by atoms with Crippen molar-refractivity contribution in [1.29, 1.82) is 0 Å². The minimum absolute atomic E-state index is 0.0496. The average Bonchev–Trinajstić information content (AvgIpc) is 3.03. The molecule has 0 atom stereocenters. The van der Waals surface area contributed by atoms with Crippen molar-refractivity contribution in [1.82, 2.24) is 20.0 Å². The minimum Gasteiger partial charge on any atom is -0.355 e. The topological polar surface area (TPSA) is 50.2 Å². The van der Waals surface area contributed by atoms with Crippen LogP contribution in [-0.4, -0.2) is 46.8 Å². The number of carbonyl (C=O) groups excluding carboxylic acids is 1. The first-order valence-electron chi connectivity index (χ1n) is 8.31. The zero-order chi connectivity index (χ0) is 17.4. The highest BCUT2D eigenvalue weighted by Crippen LogP contribution is 2.07. The number of nitrogens with one attached hydrogen (secondary N) is 1. The highest BCUT2D eigenvalue weighted by molar-refractivity contribution is 5.78. The van der Waals surface area contributed by atoms with Gasteiger partial charge in [-0.15, -0.1) is 0 Å². The second kappa shape index (κ2) is 9.03. The summed E-state index contributed by atoms with van der Waals surface area (Å²) in [5, 5.41) is 7.34. The van der Waals surface area contributed by atoms with Crippen LogP contribution in [0.25, 0.3) is 5.69 Å². The number of aromatic nitrogens is 2. The third-order valence-electron chi connectivity index (χ3n) is 3.70. The van der Waals surface area contributed by atoms with Gasteiger partial charge in [0, 0.05) is 19.3 Å². The summed E-state index contributed by atoms with van der Waals surface area (Å²) in [5.74, 6) is 0.0496. The van der Waals surface area contributed by atoms with Gasteiger partial charge in [0.15, 0.2) is 0 Å². The zero-order valence-electron chi connectivity index (χ0n) is 14.5. The normalized spacial score (nSPS) is 10.8. The number of rotatable bonds is 9. The maximum Gasteiger partial charge on any atom is 0.234 e. The molecule has 0 aliphatic rings. The molecule has 1 heterocycles. The number of para-hydroxylation sites is 1. The molecule has 0 aliphatic heterocycles. The van der Waals surface area contributed by atoms with Crippen molar-refractivity contribution in [2.24, 2.45) is 0 Å². The zero-order valence-corrected chi connectivity index (χ0v) is 14.5. The summed E-state index contributed by atoms with van der Waals surface area (Å²) in [4.78, 5) is 14.1. The maximum absolute atomic E-state index is 12.0. The Labute approximate surface area is 144 Å². The Morgan fingerprint density at radius 1 is 1.29 bits per heavy atom. The first kappa shape index (κ1) is 17.9. The standard InChI is InChI=1S/C19H26N4O/c1-4-22(13-16(2)3)15-19(24)20-11-10-17-12-21-23(14-17)18-8-6-5-7-9-18/h5-9,12,14H,2,4,10-11,13,15H2,1,3H3,(H,20,24). The first-order valence-corrected chi connectivity index (χ1v) is 8.31. The van der Waals surface area contributed by atoms with E-state index in [1.165, 1.54) is 0 Å². The van der Waals surface area contributed by atoms with Gasteiger partial charge in [0.1, 0.15) is 0 Å². The lowest BCUT2D eigenvalue weighted by molar-refractivity contribution is -0.122. The van der Waals surface area contributed by atoms with Gasteiger partial charge in [-0.25, -0.2) is 4.68 Å². The van der Waals surface area contributed by atoms with Gasteiger partial charge in [-0.05, 0) is 37.6 Å². The van der Waals surface area contributed by atoms with E-state index in [0.717, 1.165) is 36.3 Å². The number of nitrogens with zero attached hydrogens (tertiary/aromatic N) is 3. The quantitative estimate of drug-likeness (QED) is 0.720. The maximum atomic E-state index is 12.0.